The van der Waals surface area contributed by atoms with Gasteiger partial charge in [0.25, 0.3) is 0 Å². The predicted octanol–water partition coefficient (Wildman–Crippen LogP) is 4.96. The molecule has 0 saturated carbocycles. The Kier molecular flexibility index (Phi) is 8.89. The van der Waals surface area contributed by atoms with Crippen molar-refractivity contribution in [2.75, 3.05) is 46.9 Å². The zero-order chi connectivity index (χ0) is 26.6. The normalized spacial score (nSPS) is 24.2. The van der Waals surface area contributed by atoms with Crippen LogP contribution in [0.5, 0.6) is 11.5 Å². The van der Waals surface area contributed by atoms with Gasteiger partial charge in [0.15, 0.2) is 0 Å². The van der Waals surface area contributed by atoms with E-state index in [9.17, 15) is 10.2 Å². The Morgan fingerprint density at radius 2 is 1.89 bits per heavy atom. The van der Waals surface area contributed by atoms with Gasteiger partial charge < -0.3 is 29.5 Å². The summed E-state index contributed by atoms with van der Waals surface area (Å²) in [5.41, 5.74) is 1.28. The number of alkyl halides is 1. The summed E-state index contributed by atoms with van der Waals surface area (Å²) in [6, 6.07) is 13.5. The molecule has 0 amide bonds. The molecule has 2 aromatic carbocycles. The molecule has 1 fully saturated rings. The van der Waals surface area contributed by atoms with E-state index >= 15 is 0 Å². The summed E-state index contributed by atoms with van der Waals surface area (Å²) in [7, 11) is 4.24. The number of likely N-dealkylation sites (N-methyl/N-ethyl adjacent to an activating group) is 1. The molecule has 2 aliphatic rings. The Morgan fingerprint density at radius 1 is 1.16 bits per heavy atom. The largest absolute Gasteiger partial charge is 0.507 e. The molecule has 6 nitrogen and oxygen atoms in total. The second-order valence-corrected chi connectivity index (χ2v) is 11.3. The van der Waals surface area contributed by atoms with Crippen molar-refractivity contribution in [1.82, 2.24) is 9.80 Å². The number of benzene rings is 2. The Balaban J connectivity index is 1.52. The topological polar surface area (TPSA) is 65.4 Å². The van der Waals surface area contributed by atoms with Gasteiger partial charge in [-0.3, -0.25) is 0 Å². The molecular formula is C29H36Cl2N2O4. The molecular weight excluding hydrogens is 511 g/mol. The SMILES string of the molecule is CN(C)C1CN(CCCOC2(COc3cc(O)c(CO)cc3Cl)C=CC=C(c3ccccc3)C2(C)Cl)C1. The molecule has 2 aromatic rings. The van der Waals surface area contributed by atoms with E-state index in [1.54, 1.807) is 0 Å². The molecule has 0 bridgehead atoms. The van der Waals surface area contributed by atoms with Gasteiger partial charge in [-0.2, -0.15) is 0 Å². The number of aliphatic hydroxyl groups excluding tert-OH is 1. The Labute approximate surface area is 229 Å². The van der Waals surface area contributed by atoms with E-state index in [1.165, 1.54) is 12.1 Å². The van der Waals surface area contributed by atoms with Crippen molar-refractivity contribution < 1.29 is 19.7 Å². The van der Waals surface area contributed by atoms with Crippen LogP contribution in [-0.4, -0.2) is 83.5 Å². The zero-order valence-corrected chi connectivity index (χ0v) is 23.2. The van der Waals surface area contributed by atoms with Gasteiger partial charge in [0.1, 0.15) is 28.6 Å². The fourth-order valence-electron chi connectivity index (χ4n) is 4.83. The number of rotatable bonds is 11. The van der Waals surface area contributed by atoms with Crippen molar-refractivity contribution in [3.8, 4) is 11.5 Å². The fourth-order valence-corrected chi connectivity index (χ4v) is 5.42. The highest BCUT2D eigenvalue weighted by Crippen LogP contribution is 2.47. The Bertz CT molecular complexity index is 1130. The standard InChI is InChI=1S/C29H36Cl2N2O4/c1-28(31)24(21-9-5-4-6-10-21)11-7-12-29(28,37-14-8-13-33-17-23(18-33)32(2)3)20-36-27-16-26(35)22(19-34)15-25(27)30/h4-7,9-12,15-16,23,34-35H,8,13-14,17-20H2,1-3H3. The van der Waals surface area contributed by atoms with Crippen LogP contribution in [0.4, 0.5) is 0 Å². The lowest BCUT2D eigenvalue weighted by atomic mass is 9.76. The third-order valence-corrected chi connectivity index (χ3v) is 8.22. The van der Waals surface area contributed by atoms with Crippen molar-refractivity contribution in [3.63, 3.8) is 0 Å². The zero-order valence-electron chi connectivity index (χ0n) is 21.7. The average Bonchev–Trinajstić information content (AvgIpc) is 2.84. The lowest BCUT2D eigenvalue weighted by molar-refractivity contribution is -0.0567. The van der Waals surface area contributed by atoms with Crippen LogP contribution in [0.25, 0.3) is 5.57 Å². The highest BCUT2D eigenvalue weighted by atomic mass is 35.5. The molecule has 8 heteroatoms. The Hall–Kier alpha value is -2.06. The number of nitrogens with zero attached hydrogens (tertiary/aromatic N) is 2. The molecule has 0 radical (unpaired) electrons. The number of hydrogen-bond donors (Lipinski definition) is 2. The van der Waals surface area contributed by atoms with Crippen LogP contribution in [-0.2, 0) is 11.3 Å². The highest BCUT2D eigenvalue weighted by molar-refractivity contribution is 6.32. The van der Waals surface area contributed by atoms with Gasteiger partial charge in [0.2, 0.25) is 0 Å². The van der Waals surface area contributed by atoms with Gasteiger partial charge >= 0.3 is 0 Å². The minimum Gasteiger partial charge on any atom is -0.507 e. The monoisotopic (exact) mass is 546 g/mol. The molecule has 4 rings (SSSR count). The van der Waals surface area contributed by atoms with Gasteiger partial charge in [0, 0.05) is 43.9 Å². The number of allylic oxidation sites excluding steroid dienone is 2. The van der Waals surface area contributed by atoms with E-state index in [2.05, 4.69) is 23.9 Å². The van der Waals surface area contributed by atoms with E-state index in [0.717, 1.165) is 37.2 Å². The smallest absolute Gasteiger partial charge is 0.143 e. The molecule has 37 heavy (non-hydrogen) atoms. The van der Waals surface area contributed by atoms with Gasteiger partial charge in [-0.15, -0.1) is 11.6 Å². The maximum Gasteiger partial charge on any atom is 0.143 e. The minimum atomic E-state index is -0.996. The summed E-state index contributed by atoms with van der Waals surface area (Å²) in [5, 5.41) is 19.9. The summed E-state index contributed by atoms with van der Waals surface area (Å²) in [6.07, 6.45) is 6.79. The van der Waals surface area contributed by atoms with E-state index in [1.807, 2.05) is 55.5 Å². The van der Waals surface area contributed by atoms with Crippen molar-refractivity contribution in [3.05, 3.63) is 76.8 Å². The Morgan fingerprint density at radius 3 is 2.57 bits per heavy atom. The molecule has 200 valence electrons. The predicted molar refractivity (Wildman–Crippen MR) is 150 cm³/mol. The summed E-state index contributed by atoms with van der Waals surface area (Å²) in [6.45, 7) is 5.31. The lowest BCUT2D eigenvalue weighted by Gasteiger charge is -2.46. The van der Waals surface area contributed by atoms with Crippen molar-refractivity contribution in [2.24, 2.45) is 0 Å². The van der Waals surface area contributed by atoms with Crippen LogP contribution in [0.1, 0.15) is 24.5 Å². The first-order chi connectivity index (χ1) is 17.7. The number of aromatic hydroxyl groups is 1. The van der Waals surface area contributed by atoms with Crippen molar-refractivity contribution in [1.29, 1.82) is 0 Å². The van der Waals surface area contributed by atoms with Crippen LogP contribution in [0, 0.1) is 0 Å². The van der Waals surface area contributed by atoms with Gasteiger partial charge in [-0.1, -0.05) is 54.1 Å². The number of aliphatic hydroxyl groups is 1. The summed E-state index contributed by atoms with van der Waals surface area (Å²) >= 11 is 13.8. The molecule has 2 atom stereocenters. The number of hydrogen-bond acceptors (Lipinski definition) is 6. The molecule has 2 N–H and O–H groups in total. The van der Waals surface area contributed by atoms with Gasteiger partial charge in [-0.05, 0) is 50.7 Å². The summed E-state index contributed by atoms with van der Waals surface area (Å²) in [4.78, 5) is 3.74. The second-order valence-electron chi connectivity index (χ2n) is 10.1. The molecule has 1 aliphatic carbocycles. The van der Waals surface area contributed by atoms with E-state index in [0.29, 0.717) is 29.0 Å². The molecule has 0 aromatic heterocycles. The molecule has 1 aliphatic heterocycles. The van der Waals surface area contributed by atoms with E-state index < -0.39 is 10.5 Å². The van der Waals surface area contributed by atoms with Crippen LogP contribution < -0.4 is 4.74 Å². The van der Waals surface area contributed by atoms with Crippen LogP contribution >= 0.6 is 23.2 Å². The third kappa shape index (κ3) is 6.00. The van der Waals surface area contributed by atoms with E-state index in [4.69, 9.17) is 32.7 Å². The molecule has 1 saturated heterocycles. The fraction of sp³-hybridized carbons (Fsp3) is 0.448. The molecule has 2 unspecified atom stereocenters. The molecule has 1 heterocycles. The van der Waals surface area contributed by atoms with Gasteiger partial charge in [0.05, 0.1) is 11.6 Å². The quantitative estimate of drug-likeness (QED) is 0.307. The third-order valence-electron chi connectivity index (χ3n) is 7.41. The van der Waals surface area contributed by atoms with Crippen LogP contribution in [0.3, 0.4) is 0 Å². The first kappa shape index (κ1) is 28.0. The minimum absolute atomic E-state index is 0.0811. The van der Waals surface area contributed by atoms with Crippen LogP contribution in [0.15, 0.2) is 60.7 Å². The number of likely N-dealkylation sites (tertiary alicyclic amines) is 1. The lowest BCUT2D eigenvalue weighted by Crippen LogP contribution is -2.57. The van der Waals surface area contributed by atoms with Crippen molar-refractivity contribution >= 4 is 28.8 Å². The second kappa shape index (κ2) is 11.8. The summed E-state index contributed by atoms with van der Waals surface area (Å²) in [5.74, 6) is 0.214. The maximum atomic E-state index is 10.2. The van der Waals surface area contributed by atoms with Crippen molar-refractivity contribution in [2.45, 2.75) is 36.5 Å². The maximum absolute atomic E-state index is 10.2. The number of phenols is 1. The van der Waals surface area contributed by atoms with Gasteiger partial charge in [-0.25, -0.2) is 0 Å². The summed E-state index contributed by atoms with van der Waals surface area (Å²) < 4.78 is 12.8. The van der Waals surface area contributed by atoms with E-state index in [-0.39, 0.29) is 19.0 Å². The first-order valence-corrected chi connectivity index (χ1v) is 13.3. The molecule has 0 spiro atoms. The highest BCUT2D eigenvalue weighted by Gasteiger charge is 2.51. The first-order valence-electron chi connectivity index (χ1n) is 12.6. The number of halogens is 2. The average molecular weight is 548 g/mol. The van der Waals surface area contributed by atoms with Crippen LogP contribution in [0.2, 0.25) is 5.02 Å². The number of ether oxygens (including phenoxy) is 2.